The molecule has 0 spiro atoms. The van der Waals surface area contributed by atoms with Crippen LogP contribution in [0.2, 0.25) is 5.02 Å². The van der Waals surface area contributed by atoms with Crippen molar-refractivity contribution < 1.29 is 22.8 Å². The molecule has 3 aromatic carbocycles. The normalized spacial score (nSPS) is 11.9. The molecule has 0 fully saturated rings. The lowest BCUT2D eigenvalue weighted by Gasteiger charge is -2.22. The summed E-state index contributed by atoms with van der Waals surface area (Å²) in [6.45, 7) is -0.0748. The van der Waals surface area contributed by atoms with E-state index in [2.05, 4.69) is 19.5 Å². The first kappa shape index (κ1) is 28.3. The highest BCUT2D eigenvalue weighted by Gasteiger charge is 2.23. The number of fused-ring (bicyclic) bond motifs is 1. The summed E-state index contributed by atoms with van der Waals surface area (Å²) < 4.78 is 44.1. The fraction of sp³-hybridized carbons (Fsp3) is 0.100. The molecule has 0 saturated heterocycles. The summed E-state index contributed by atoms with van der Waals surface area (Å²) in [7, 11) is 2.56. The van der Waals surface area contributed by atoms with Crippen LogP contribution in [0.15, 0.2) is 79.1 Å². The van der Waals surface area contributed by atoms with Gasteiger partial charge in [-0.15, -0.1) is 9.24 Å². The predicted molar refractivity (Wildman–Crippen MR) is 155 cm³/mol. The Balaban J connectivity index is 1.53. The Morgan fingerprint density at radius 3 is 2.51 bits per heavy atom. The maximum atomic E-state index is 14.2. The largest absolute Gasteiger partial charge is 0.366 e. The van der Waals surface area contributed by atoms with E-state index in [-0.39, 0.29) is 24.1 Å². The number of nitrogens with zero attached hydrogens (tertiary/aromatic N) is 2. The molecule has 2 unspecified atom stereocenters. The number of pyridine rings is 1. The lowest BCUT2D eigenvalue weighted by molar-refractivity contribution is -0.122. The highest BCUT2D eigenvalue weighted by atomic mass is 35.5. The molecule has 0 radical (unpaired) electrons. The number of halogens is 4. The quantitative estimate of drug-likeness (QED) is 0.233. The molecule has 2 atom stereocenters. The van der Waals surface area contributed by atoms with E-state index in [1.165, 1.54) is 30.5 Å². The van der Waals surface area contributed by atoms with E-state index in [0.29, 0.717) is 21.8 Å². The summed E-state index contributed by atoms with van der Waals surface area (Å²) in [6, 6.07) is 15.0. The van der Waals surface area contributed by atoms with Crippen LogP contribution in [0.3, 0.4) is 0 Å². The second-order valence-corrected chi connectivity index (χ2v) is 10.5. The third-order valence-corrected chi connectivity index (χ3v) is 7.60. The van der Waals surface area contributed by atoms with Crippen molar-refractivity contribution >= 4 is 48.9 Å². The number of aromatic nitrogens is 2. The first-order chi connectivity index (χ1) is 19.6. The van der Waals surface area contributed by atoms with Gasteiger partial charge in [0.25, 0.3) is 5.91 Å². The van der Waals surface area contributed by atoms with Gasteiger partial charge in [-0.25, -0.2) is 13.2 Å². The van der Waals surface area contributed by atoms with E-state index in [1.807, 2.05) is 12.1 Å². The third-order valence-electron chi connectivity index (χ3n) is 6.61. The molecule has 41 heavy (non-hydrogen) atoms. The number of hydrogen-bond acceptors (Lipinski definition) is 3. The Morgan fingerprint density at radius 2 is 1.78 bits per heavy atom. The van der Waals surface area contributed by atoms with Gasteiger partial charge in [-0.1, -0.05) is 23.7 Å². The van der Waals surface area contributed by atoms with Gasteiger partial charge in [0.1, 0.15) is 24.0 Å². The number of carbonyl (C=O) groups excluding carboxylic acids is 2. The molecular weight excluding hydrogens is 572 g/mol. The fourth-order valence-electron chi connectivity index (χ4n) is 4.76. The molecule has 0 aliphatic rings. The number of carbonyl (C=O) groups is 2. The first-order valence-electron chi connectivity index (χ1n) is 12.4. The Labute approximate surface area is 240 Å². The molecule has 5 aromatic rings. The summed E-state index contributed by atoms with van der Waals surface area (Å²) >= 11 is 6.29. The molecule has 208 valence electrons. The molecule has 11 heteroatoms. The molecule has 6 nitrogen and oxygen atoms in total. The van der Waals surface area contributed by atoms with Crippen LogP contribution in [0.5, 0.6) is 0 Å². The summed E-state index contributed by atoms with van der Waals surface area (Å²) in [5.41, 5.74) is 7.32. The molecule has 3 N–H and O–H groups in total. The van der Waals surface area contributed by atoms with Crippen molar-refractivity contribution in [2.45, 2.75) is 19.0 Å². The van der Waals surface area contributed by atoms with Gasteiger partial charge in [0, 0.05) is 39.9 Å². The molecule has 2 heterocycles. The van der Waals surface area contributed by atoms with Crippen molar-refractivity contribution in [2.75, 3.05) is 0 Å². The number of nitrogens with one attached hydrogen (secondary N) is 1. The summed E-state index contributed by atoms with van der Waals surface area (Å²) in [4.78, 5) is 29.7. The van der Waals surface area contributed by atoms with Gasteiger partial charge in [-0.2, -0.15) is 0 Å². The molecule has 0 bridgehead atoms. The number of benzene rings is 3. The minimum atomic E-state index is -0.942. The fourth-order valence-corrected chi connectivity index (χ4v) is 5.18. The number of amides is 2. The summed E-state index contributed by atoms with van der Waals surface area (Å²) in [6.07, 6.45) is 3.26. The summed E-state index contributed by atoms with van der Waals surface area (Å²) in [5, 5.41) is 5.19. The molecule has 5 rings (SSSR count). The van der Waals surface area contributed by atoms with Gasteiger partial charge >= 0.3 is 0 Å². The zero-order chi connectivity index (χ0) is 29.3. The highest BCUT2D eigenvalue weighted by molar-refractivity contribution is 7.28. The summed E-state index contributed by atoms with van der Waals surface area (Å²) in [5.74, 6) is -3.65. The minimum Gasteiger partial charge on any atom is -0.366 e. The standard InChI is InChI=1S/C30H23ClF3N4O2P/c31-23-14-26-18(12-27(23)41)5-7-38(26)15-28(39)37-25(10-16-8-19(32)13-20(33)9-16)29-21(2-1-6-36-29)17-3-4-24(34)22(11-17)30(35)40/h1-9,11-14,25H,10,15,41H2,(H2,35,40)(H,37,39). The molecule has 2 aromatic heterocycles. The monoisotopic (exact) mass is 594 g/mol. The van der Waals surface area contributed by atoms with E-state index in [4.69, 9.17) is 17.3 Å². The SMILES string of the molecule is NC(=O)c1cc(-c2cccnc2C(Cc2cc(F)cc(F)c2)NC(=O)Cn2ccc3cc(P)c(Cl)cc32)ccc1F. The van der Waals surface area contributed by atoms with Crippen molar-refractivity contribution in [1.29, 1.82) is 0 Å². The zero-order valence-electron chi connectivity index (χ0n) is 21.4. The van der Waals surface area contributed by atoms with E-state index >= 15 is 0 Å². The Morgan fingerprint density at radius 1 is 1.02 bits per heavy atom. The van der Waals surface area contributed by atoms with Crippen LogP contribution in [0.1, 0.15) is 27.7 Å². The smallest absolute Gasteiger partial charge is 0.251 e. The molecule has 0 saturated carbocycles. The van der Waals surface area contributed by atoms with Crippen molar-refractivity contribution in [3.8, 4) is 11.1 Å². The number of primary amides is 1. The lowest BCUT2D eigenvalue weighted by atomic mass is 9.94. The number of rotatable bonds is 8. The van der Waals surface area contributed by atoms with Crippen molar-refractivity contribution in [3.63, 3.8) is 0 Å². The van der Waals surface area contributed by atoms with Gasteiger partial charge in [0.2, 0.25) is 5.91 Å². The van der Waals surface area contributed by atoms with E-state index in [9.17, 15) is 22.8 Å². The minimum absolute atomic E-state index is 0.0109. The molecule has 0 aliphatic heterocycles. The molecular formula is C30H23ClF3N4O2P. The van der Waals surface area contributed by atoms with Crippen molar-refractivity contribution in [3.05, 3.63) is 118 Å². The topological polar surface area (TPSA) is 90.0 Å². The number of hydrogen-bond donors (Lipinski definition) is 2. The maximum absolute atomic E-state index is 14.2. The lowest BCUT2D eigenvalue weighted by Crippen LogP contribution is -2.33. The molecule has 0 aliphatic carbocycles. The van der Waals surface area contributed by atoms with Crippen molar-refractivity contribution in [2.24, 2.45) is 5.73 Å². The van der Waals surface area contributed by atoms with Crippen LogP contribution in [-0.4, -0.2) is 21.4 Å². The second-order valence-electron chi connectivity index (χ2n) is 9.47. The van der Waals surface area contributed by atoms with E-state index in [0.717, 1.165) is 28.3 Å². The Hall–Kier alpha value is -4.20. The number of nitrogens with two attached hydrogens (primary N) is 1. The van der Waals surface area contributed by atoms with Crippen LogP contribution in [0.4, 0.5) is 13.2 Å². The zero-order valence-corrected chi connectivity index (χ0v) is 23.3. The maximum Gasteiger partial charge on any atom is 0.251 e. The van der Waals surface area contributed by atoms with E-state index in [1.54, 1.807) is 29.0 Å². The van der Waals surface area contributed by atoms with Crippen LogP contribution >= 0.6 is 20.8 Å². The van der Waals surface area contributed by atoms with Gasteiger partial charge in [0.15, 0.2) is 0 Å². The van der Waals surface area contributed by atoms with Crippen LogP contribution in [0.25, 0.3) is 22.0 Å². The van der Waals surface area contributed by atoms with E-state index < -0.39 is 35.3 Å². The van der Waals surface area contributed by atoms with Gasteiger partial charge in [-0.05, 0) is 71.4 Å². The van der Waals surface area contributed by atoms with Crippen molar-refractivity contribution in [1.82, 2.24) is 14.9 Å². The van der Waals surface area contributed by atoms with Gasteiger partial charge in [0.05, 0.1) is 17.3 Å². The molecule has 2 amide bonds. The van der Waals surface area contributed by atoms with Gasteiger partial charge in [-0.3, -0.25) is 14.6 Å². The third kappa shape index (κ3) is 6.26. The first-order valence-corrected chi connectivity index (χ1v) is 13.4. The van der Waals surface area contributed by atoms with Crippen LogP contribution < -0.4 is 16.4 Å². The average Bonchev–Trinajstić information content (AvgIpc) is 3.28. The predicted octanol–water partition coefficient (Wildman–Crippen LogP) is 5.47. The average molecular weight is 595 g/mol. The highest BCUT2D eigenvalue weighted by Crippen LogP contribution is 2.30. The van der Waals surface area contributed by atoms with Crippen LogP contribution in [0, 0.1) is 17.5 Å². The van der Waals surface area contributed by atoms with Gasteiger partial charge < -0.3 is 15.6 Å². The Bertz CT molecular complexity index is 1790. The van der Waals surface area contributed by atoms with Crippen LogP contribution in [-0.2, 0) is 17.8 Å². The Kier molecular flexibility index (Phi) is 8.10. The second kappa shape index (κ2) is 11.7.